The van der Waals surface area contributed by atoms with E-state index in [9.17, 15) is 9.90 Å². The normalized spacial score (nSPS) is 15.3. The molecule has 0 bridgehead atoms. The van der Waals surface area contributed by atoms with Crippen LogP contribution in [0, 0.1) is 5.92 Å². The molecule has 0 fully saturated rings. The van der Waals surface area contributed by atoms with Gasteiger partial charge >= 0.3 is 5.97 Å². The number of unbranched alkanes of at least 4 members (excludes halogenated alkanes) is 1. The van der Waals surface area contributed by atoms with Gasteiger partial charge < -0.3 is 10.2 Å². The summed E-state index contributed by atoms with van der Waals surface area (Å²) >= 11 is 0. The van der Waals surface area contributed by atoms with Crippen molar-refractivity contribution in [2.24, 2.45) is 5.92 Å². The van der Waals surface area contributed by atoms with Crippen LogP contribution in [0.5, 0.6) is 0 Å². The Morgan fingerprint density at radius 1 is 1.23 bits per heavy atom. The molecule has 0 aromatic carbocycles. The summed E-state index contributed by atoms with van der Waals surface area (Å²) in [6.45, 7) is 3.97. The molecule has 2 atom stereocenters. The van der Waals surface area contributed by atoms with Gasteiger partial charge in [0.25, 0.3) is 0 Å². The second kappa shape index (κ2) is 6.89. The molecule has 0 saturated heterocycles. The Labute approximate surface area is 79.8 Å². The molecule has 0 aliphatic heterocycles. The van der Waals surface area contributed by atoms with Gasteiger partial charge in [-0.2, -0.15) is 0 Å². The Morgan fingerprint density at radius 3 is 2.23 bits per heavy atom. The lowest BCUT2D eigenvalue weighted by molar-refractivity contribution is -0.146. The third-order valence-electron chi connectivity index (χ3n) is 2.23. The molecule has 0 aromatic heterocycles. The molecule has 2 N–H and O–H groups in total. The number of hydrogen-bond acceptors (Lipinski definition) is 2. The number of carboxylic acid groups (broad SMARTS) is 1. The topological polar surface area (TPSA) is 57.5 Å². The van der Waals surface area contributed by atoms with Crippen LogP contribution in [0.1, 0.15) is 46.0 Å². The zero-order valence-corrected chi connectivity index (χ0v) is 8.49. The molecule has 3 nitrogen and oxygen atoms in total. The Bertz CT molecular complexity index is 145. The largest absolute Gasteiger partial charge is 0.481 e. The zero-order chi connectivity index (χ0) is 10.3. The van der Waals surface area contributed by atoms with Crippen LogP contribution in [-0.4, -0.2) is 22.3 Å². The molecule has 2 unspecified atom stereocenters. The fraction of sp³-hybridized carbons (Fsp3) is 0.900. The Kier molecular flexibility index (Phi) is 6.59. The summed E-state index contributed by atoms with van der Waals surface area (Å²) in [7, 11) is 0. The summed E-state index contributed by atoms with van der Waals surface area (Å²) in [6, 6.07) is 0. The maximum atomic E-state index is 10.8. The van der Waals surface area contributed by atoms with E-state index in [1.807, 2.05) is 13.8 Å². The first-order valence-corrected chi connectivity index (χ1v) is 5.04. The van der Waals surface area contributed by atoms with E-state index in [1.165, 1.54) is 0 Å². The maximum Gasteiger partial charge on any atom is 0.309 e. The first-order valence-electron chi connectivity index (χ1n) is 5.04. The second-order valence-electron chi connectivity index (χ2n) is 3.44. The number of aliphatic carboxylic acids is 1. The predicted octanol–water partition coefficient (Wildman–Crippen LogP) is 2.04. The van der Waals surface area contributed by atoms with Gasteiger partial charge in [0.05, 0.1) is 12.0 Å². The minimum atomic E-state index is -0.866. The molecule has 3 heteroatoms. The van der Waals surface area contributed by atoms with Gasteiger partial charge in [0.2, 0.25) is 0 Å². The van der Waals surface area contributed by atoms with Gasteiger partial charge in [-0.25, -0.2) is 0 Å². The fourth-order valence-corrected chi connectivity index (χ4v) is 1.40. The molecular formula is C10H20O3. The molecule has 0 rings (SSSR count). The maximum absolute atomic E-state index is 10.8. The smallest absolute Gasteiger partial charge is 0.309 e. The van der Waals surface area contributed by atoms with E-state index in [2.05, 4.69) is 0 Å². The first-order chi connectivity index (χ1) is 6.13. The average Bonchev–Trinajstić information content (AvgIpc) is 2.05. The number of carbonyl (C=O) groups is 1. The minimum absolute atomic E-state index is 0.570. The monoisotopic (exact) mass is 188 g/mol. The fourth-order valence-electron chi connectivity index (χ4n) is 1.40. The van der Waals surface area contributed by atoms with Crippen molar-refractivity contribution in [3.63, 3.8) is 0 Å². The van der Waals surface area contributed by atoms with Crippen molar-refractivity contribution in [1.29, 1.82) is 0 Å². The lowest BCUT2D eigenvalue weighted by Gasteiger charge is -2.17. The Morgan fingerprint density at radius 2 is 1.85 bits per heavy atom. The standard InChI is InChI=1S/C10H20O3/c1-3-5-7-8(10(12)13)9(11)6-4-2/h8-9,11H,3-7H2,1-2H3,(H,12,13). The lowest BCUT2D eigenvalue weighted by Crippen LogP contribution is -2.27. The molecule has 0 saturated carbocycles. The highest BCUT2D eigenvalue weighted by molar-refractivity contribution is 5.70. The van der Waals surface area contributed by atoms with E-state index in [0.29, 0.717) is 12.8 Å². The van der Waals surface area contributed by atoms with Crippen LogP contribution in [-0.2, 0) is 4.79 Å². The summed E-state index contributed by atoms with van der Waals surface area (Å²) in [5.74, 6) is -1.44. The summed E-state index contributed by atoms with van der Waals surface area (Å²) < 4.78 is 0. The SMILES string of the molecule is CCCCC(C(=O)O)C(O)CCC. The highest BCUT2D eigenvalue weighted by Crippen LogP contribution is 2.16. The minimum Gasteiger partial charge on any atom is -0.481 e. The number of aliphatic hydroxyl groups excluding tert-OH is 1. The van der Waals surface area contributed by atoms with Crippen molar-refractivity contribution in [1.82, 2.24) is 0 Å². The molecule has 0 aromatic rings. The van der Waals surface area contributed by atoms with Crippen molar-refractivity contribution < 1.29 is 15.0 Å². The second-order valence-corrected chi connectivity index (χ2v) is 3.44. The summed E-state index contributed by atoms with van der Waals surface area (Å²) in [4.78, 5) is 10.8. The zero-order valence-electron chi connectivity index (χ0n) is 8.49. The van der Waals surface area contributed by atoms with Crippen LogP contribution in [0.2, 0.25) is 0 Å². The third kappa shape index (κ3) is 4.88. The van der Waals surface area contributed by atoms with Crippen molar-refractivity contribution in [3.8, 4) is 0 Å². The van der Waals surface area contributed by atoms with Gasteiger partial charge in [0, 0.05) is 0 Å². The van der Waals surface area contributed by atoms with E-state index < -0.39 is 18.0 Å². The van der Waals surface area contributed by atoms with Gasteiger partial charge in [-0.1, -0.05) is 33.1 Å². The quantitative estimate of drug-likeness (QED) is 0.642. The molecule has 13 heavy (non-hydrogen) atoms. The third-order valence-corrected chi connectivity index (χ3v) is 2.23. The van der Waals surface area contributed by atoms with Gasteiger partial charge in [-0.3, -0.25) is 4.79 Å². The number of aliphatic hydroxyl groups is 1. The summed E-state index contributed by atoms with van der Waals surface area (Å²) in [5, 5.41) is 18.4. The highest BCUT2D eigenvalue weighted by Gasteiger charge is 2.24. The van der Waals surface area contributed by atoms with Crippen LogP contribution >= 0.6 is 0 Å². The summed E-state index contributed by atoms with van der Waals surface area (Å²) in [5.41, 5.74) is 0. The lowest BCUT2D eigenvalue weighted by atomic mass is 9.93. The molecule has 0 aliphatic carbocycles. The number of rotatable bonds is 7. The van der Waals surface area contributed by atoms with Crippen LogP contribution in [0.4, 0.5) is 0 Å². The van der Waals surface area contributed by atoms with E-state index in [1.54, 1.807) is 0 Å². The van der Waals surface area contributed by atoms with Gasteiger partial charge in [-0.15, -0.1) is 0 Å². The van der Waals surface area contributed by atoms with Crippen LogP contribution in [0.25, 0.3) is 0 Å². The van der Waals surface area contributed by atoms with Gasteiger partial charge in [-0.05, 0) is 12.8 Å². The van der Waals surface area contributed by atoms with E-state index in [-0.39, 0.29) is 0 Å². The number of hydrogen-bond donors (Lipinski definition) is 2. The van der Waals surface area contributed by atoms with Gasteiger partial charge in [0.1, 0.15) is 0 Å². The molecular weight excluding hydrogens is 168 g/mol. The molecule has 0 spiro atoms. The number of carboxylic acids is 1. The van der Waals surface area contributed by atoms with Crippen LogP contribution in [0.15, 0.2) is 0 Å². The average molecular weight is 188 g/mol. The van der Waals surface area contributed by atoms with E-state index >= 15 is 0 Å². The van der Waals surface area contributed by atoms with E-state index in [0.717, 1.165) is 19.3 Å². The molecule has 0 amide bonds. The van der Waals surface area contributed by atoms with Crippen molar-refractivity contribution in [2.75, 3.05) is 0 Å². The Hall–Kier alpha value is -0.570. The van der Waals surface area contributed by atoms with Crippen LogP contribution < -0.4 is 0 Å². The summed E-state index contributed by atoms with van der Waals surface area (Å²) in [6.07, 6.45) is 3.18. The van der Waals surface area contributed by atoms with Gasteiger partial charge in [0.15, 0.2) is 0 Å². The predicted molar refractivity (Wildman–Crippen MR) is 51.6 cm³/mol. The Balaban J connectivity index is 3.99. The van der Waals surface area contributed by atoms with E-state index in [4.69, 9.17) is 5.11 Å². The van der Waals surface area contributed by atoms with Crippen LogP contribution in [0.3, 0.4) is 0 Å². The molecule has 0 aliphatic rings. The first kappa shape index (κ1) is 12.4. The molecule has 78 valence electrons. The molecule has 0 radical (unpaired) electrons. The highest BCUT2D eigenvalue weighted by atomic mass is 16.4. The van der Waals surface area contributed by atoms with Crippen molar-refractivity contribution >= 4 is 5.97 Å². The molecule has 0 heterocycles. The van der Waals surface area contributed by atoms with Crippen molar-refractivity contribution in [2.45, 2.75) is 52.1 Å². The van der Waals surface area contributed by atoms with Crippen molar-refractivity contribution in [3.05, 3.63) is 0 Å².